The molecule has 0 fully saturated rings. The number of hydrogen-bond donors (Lipinski definition) is 2. The van der Waals surface area contributed by atoms with Gasteiger partial charge < -0.3 is 19.9 Å². The maximum Gasteiger partial charge on any atom is 0.180 e. The van der Waals surface area contributed by atoms with Gasteiger partial charge in [0.15, 0.2) is 11.5 Å². The van der Waals surface area contributed by atoms with E-state index in [1.807, 2.05) is 56.1 Å². The Kier molecular flexibility index (Phi) is 3.35. The van der Waals surface area contributed by atoms with Crippen molar-refractivity contribution in [3.8, 4) is 0 Å². The van der Waals surface area contributed by atoms with Crippen LogP contribution in [-0.2, 0) is 0 Å². The lowest BCUT2D eigenvalue weighted by Crippen LogP contribution is -2.11. The van der Waals surface area contributed by atoms with Gasteiger partial charge in [0.2, 0.25) is 0 Å². The summed E-state index contributed by atoms with van der Waals surface area (Å²) in [6.07, 6.45) is 5.58. The van der Waals surface area contributed by atoms with Crippen LogP contribution in [0.1, 0.15) is 0 Å². The molecular formula is C15H18N6. The Hall–Kier alpha value is -2.76. The van der Waals surface area contributed by atoms with Crippen LogP contribution in [0.25, 0.3) is 5.65 Å². The second-order valence-electron chi connectivity index (χ2n) is 4.92. The molecule has 3 rings (SSSR count). The van der Waals surface area contributed by atoms with Crippen molar-refractivity contribution < 1.29 is 0 Å². The van der Waals surface area contributed by atoms with Crippen LogP contribution in [0.3, 0.4) is 0 Å². The number of nitrogens with zero attached hydrogens (tertiary/aromatic N) is 4. The number of para-hydroxylation sites is 2. The van der Waals surface area contributed by atoms with Crippen molar-refractivity contribution in [1.29, 1.82) is 0 Å². The zero-order chi connectivity index (χ0) is 14.8. The van der Waals surface area contributed by atoms with Crippen LogP contribution in [0, 0.1) is 0 Å². The van der Waals surface area contributed by atoms with Crippen molar-refractivity contribution >= 4 is 28.7 Å². The number of imidazole rings is 1. The van der Waals surface area contributed by atoms with Crippen LogP contribution < -0.4 is 15.5 Å². The van der Waals surface area contributed by atoms with E-state index in [1.54, 1.807) is 6.20 Å². The lowest BCUT2D eigenvalue weighted by atomic mass is 10.2. The Labute approximate surface area is 123 Å². The van der Waals surface area contributed by atoms with Crippen molar-refractivity contribution in [2.75, 3.05) is 36.7 Å². The van der Waals surface area contributed by atoms with Gasteiger partial charge in [0.1, 0.15) is 5.82 Å². The summed E-state index contributed by atoms with van der Waals surface area (Å²) < 4.78 is 1.94. The topological polar surface area (TPSA) is 57.5 Å². The first kappa shape index (κ1) is 13.2. The fraction of sp³-hybridized carbons (Fsp3) is 0.200. The van der Waals surface area contributed by atoms with Gasteiger partial charge in [-0.3, -0.25) is 0 Å². The minimum Gasteiger partial charge on any atom is -0.376 e. The minimum atomic E-state index is 0.723. The van der Waals surface area contributed by atoms with Crippen LogP contribution >= 0.6 is 0 Å². The normalized spacial score (nSPS) is 10.6. The summed E-state index contributed by atoms with van der Waals surface area (Å²) in [5, 5.41) is 6.44. The third-order valence-electron chi connectivity index (χ3n) is 3.27. The summed E-state index contributed by atoms with van der Waals surface area (Å²) in [7, 11) is 5.88. The molecule has 2 N–H and O–H groups in total. The van der Waals surface area contributed by atoms with Gasteiger partial charge in [-0.25, -0.2) is 9.97 Å². The van der Waals surface area contributed by atoms with E-state index in [-0.39, 0.29) is 0 Å². The number of hydrogen-bond acceptors (Lipinski definition) is 5. The Balaban J connectivity index is 2.07. The molecule has 21 heavy (non-hydrogen) atoms. The molecule has 108 valence electrons. The summed E-state index contributed by atoms with van der Waals surface area (Å²) in [6.45, 7) is 0. The van der Waals surface area contributed by atoms with Gasteiger partial charge in [-0.2, -0.15) is 0 Å². The molecule has 0 saturated heterocycles. The molecule has 1 aromatic carbocycles. The maximum atomic E-state index is 4.56. The molecule has 0 amide bonds. The van der Waals surface area contributed by atoms with Gasteiger partial charge in [-0.15, -0.1) is 0 Å². The monoisotopic (exact) mass is 282 g/mol. The molecule has 0 spiro atoms. The second-order valence-corrected chi connectivity index (χ2v) is 4.92. The van der Waals surface area contributed by atoms with Crippen LogP contribution in [0.5, 0.6) is 0 Å². The molecule has 6 nitrogen and oxygen atoms in total. The molecule has 0 radical (unpaired) electrons. The van der Waals surface area contributed by atoms with Crippen molar-refractivity contribution in [3.05, 3.63) is 42.9 Å². The standard InChI is InChI=1S/C15H18N6/c1-16-13-10-21-9-8-17-15(21)14(19-13)18-11-6-4-5-7-12(11)20(2)3/h4-10,16H,1-3H3,(H,18,19). The first-order valence-electron chi connectivity index (χ1n) is 6.74. The Bertz CT molecular complexity index is 762. The van der Waals surface area contributed by atoms with Crippen molar-refractivity contribution in [2.45, 2.75) is 0 Å². The van der Waals surface area contributed by atoms with Gasteiger partial charge in [0.05, 0.1) is 17.6 Å². The van der Waals surface area contributed by atoms with E-state index < -0.39 is 0 Å². The Morgan fingerprint density at radius 1 is 1.19 bits per heavy atom. The second kappa shape index (κ2) is 5.32. The van der Waals surface area contributed by atoms with E-state index in [4.69, 9.17) is 0 Å². The molecule has 0 bridgehead atoms. The van der Waals surface area contributed by atoms with Crippen LogP contribution in [-0.4, -0.2) is 35.5 Å². The third kappa shape index (κ3) is 2.47. The largest absolute Gasteiger partial charge is 0.376 e. The van der Waals surface area contributed by atoms with Gasteiger partial charge >= 0.3 is 0 Å². The summed E-state index contributed by atoms with van der Waals surface area (Å²) in [5.74, 6) is 1.51. The average Bonchev–Trinajstić information content (AvgIpc) is 2.96. The van der Waals surface area contributed by atoms with Gasteiger partial charge in [0.25, 0.3) is 0 Å². The molecule has 0 atom stereocenters. The van der Waals surface area contributed by atoms with Gasteiger partial charge in [-0.05, 0) is 12.1 Å². The highest BCUT2D eigenvalue weighted by Gasteiger charge is 2.10. The van der Waals surface area contributed by atoms with E-state index in [9.17, 15) is 0 Å². The molecule has 2 aromatic heterocycles. The molecule has 0 aliphatic carbocycles. The van der Waals surface area contributed by atoms with Crippen LogP contribution in [0.4, 0.5) is 23.0 Å². The quantitative estimate of drug-likeness (QED) is 0.770. The third-order valence-corrected chi connectivity index (χ3v) is 3.27. The molecule has 0 aliphatic rings. The average molecular weight is 282 g/mol. The van der Waals surface area contributed by atoms with Crippen molar-refractivity contribution in [2.24, 2.45) is 0 Å². The SMILES string of the molecule is CNc1cn2ccnc2c(Nc2ccccc2N(C)C)n1. The maximum absolute atomic E-state index is 4.56. The molecular weight excluding hydrogens is 264 g/mol. The molecule has 2 heterocycles. The number of anilines is 4. The summed E-state index contributed by atoms with van der Waals surface area (Å²) in [6, 6.07) is 8.11. The van der Waals surface area contributed by atoms with Crippen LogP contribution in [0.2, 0.25) is 0 Å². The van der Waals surface area contributed by atoms with Crippen molar-refractivity contribution in [3.63, 3.8) is 0 Å². The Morgan fingerprint density at radius 3 is 2.76 bits per heavy atom. The van der Waals surface area contributed by atoms with Crippen molar-refractivity contribution in [1.82, 2.24) is 14.4 Å². The number of nitrogens with one attached hydrogen (secondary N) is 2. The molecule has 0 saturated carbocycles. The first-order valence-corrected chi connectivity index (χ1v) is 6.74. The first-order chi connectivity index (χ1) is 10.2. The zero-order valence-electron chi connectivity index (χ0n) is 12.3. The van der Waals surface area contributed by atoms with Gasteiger partial charge in [0, 0.05) is 33.5 Å². The fourth-order valence-electron chi connectivity index (χ4n) is 2.23. The summed E-state index contributed by atoms with van der Waals surface area (Å²) >= 11 is 0. The van der Waals surface area contributed by atoms with E-state index in [0.29, 0.717) is 0 Å². The van der Waals surface area contributed by atoms with Crippen LogP contribution in [0.15, 0.2) is 42.9 Å². The lowest BCUT2D eigenvalue weighted by molar-refractivity contribution is 1.11. The van der Waals surface area contributed by atoms with E-state index in [1.165, 1.54) is 0 Å². The number of aromatic nitrogens is 3. The summed E-state index contributed by atoms with van der Waals surface area (Å²) in [4.78, 5) is 11.0. The summed E-state index contributed by atoms with van der Waals surface area (Å²) in [5.41, 5.74) is 2.88. The molecule has 3 aromatic rings. The predicted molar refractivity (Wildman–Crippen MR) is 86.6 cm³/mol. The number of fused-ring (bicyclic) bond motifs is 1. The zero-order valence-corrected chi connectivity index (χ0v) is 12.3. The fourth-order valence-corrected chi connectivity index (χ4v) is 2.23. The molecule has 0 aliphatic heterocycles. The number of benzene rings is 1. The van der Waals surface area contributed by atoms with E-state index in [0.717, 1.165) is 28.7 Å². The van der Waals surface area contributed by atoms with Gasteiger partial charge in [-0.1, -0.05) is 12.1 Å². The Morgan fingerprint density at radius 2 is 2.00 bits per heavy atom. The highest BCUT2D eigenvalue weighted by Crippen LogP contribution is 2.28. The number of rotatable bonds is 4. The van der Waals surface area contributed by atoms with E-state index >= 15 is 0 Å². The molecule has 0 unspecified atom stereocenters. The lowest BCUT2D eigenvalue weighted by Gasteiger charge is -2.18. The predicted octanol–water partition coefficient (Wildman–Crippen LogP) is 2.58. The minimum absolute atomic E-state index is 0.723. The molecule has 6 heteroatoms. The van der Waals surface area contributed by atoms with E-state index in [2.05, 4.69) is 31.6 Å². The highest BCUT2D eigenvalue weighted by molar-refractivity contribution is 5.79. The highest BCUT2D eigenvalue weighted by atomic mass is 15.2. The smallest absolute Gasteiger partial charge is 0.180 e.